The molecule has 3 rings (SSSR count). The largest absolute Gasteiger partial charge is 0.464 e. The Labute approximate surface area is 175 Å². The van der Waals surface area contributed by atoms with E-state index in [-0.39, 0.29) is 15.7 Å². The summed E-state index contributed by atoms with van der Waals surface area (Å²) in [6.45, 7) is 7.21. The number of methoxy groups -OCH3 is 1. The maximum Gasteiger partial charge on any atom is 0.355 e. The number of rotatable bonds is 4. The van der Waals surface area contributed by atoms with Crippen molar-refractivity contribution in [3.63, 3.8) is 0 Å². The Kier molecular flexibility index (Phi) is 5.56. The second kappa shape index (κ2) is 7.65. The number of pyridine rings is 1. The van der Waals surface area contributed by atoms with Gasteiger partial charge in [0.1, 0.15) is 10.8 Å². The number of esters is 1. The standard InChI is InChI=1S/C21H21ClN2O4S/c1-12-6-13(2)20(14(3)7-12)29(26,27)24-11-16(8-18(24)21(25)28-5)17-9-19(22)23-10-15(17)4/h6-11H,1-5H3. The van der Waals surface area contributed by atoms with Crippen LogP contribution in [0.15, 0.2) is 41.6 Å². The maximum atomic E-state index is 13.5. The van der Waals surface area contributed by atoms with E-state index >= 15 is 0 Å². The minimum Gasteiger partial charge on any atom is -0.464 e. The third-order valence-corrected chi connectivity index (χ3v) is 6.87. The van der Waals surface area contributed by atoms with Gasteiger partial charge < -0.3 is 4.74 Å². The van der Waals surface area contributed by atoms with Crippen LogP contribution in [0.25, 0.3) is 11.1 Å². The van der Waals surface area contributed by atoms with Gasteiger partial charge >= 0.3 is 5.97 Å². The van der Waals surface area contributed by atoms with Gasteiger partial charge in [0, 0.05) is 18.0 Å². The number of carbonyl (C=O) groups is 1. The fraction of sp³-hybridized carbons (Fsp3) is 0.238. The number of hydrogen-bond donors (Lipinski definition) is 0. The minimum atomic E-state index is -4.05. The molecule has 1 aromatic carbocycles. The van der Waals surface area contributed by atoms with E-state index in [2.05, 4.69) is 4.98 Å². The molecule has 0 aliphatic carbocycles. The molecule has 0 saturated carbocycles. The molecule has 0 aliphatic heterocycles. The van der Waals surface area contributed by atoms with Crippen LogP contribution in [0.4, 0.5) is 0 Å². The fourth-order valence-corrected chi connectivity index (χ4v) is 5.45. The molecule has 0 atom stereocenters. The molecule has 2 aromatic heterocycles. The predicted octanol–water partition coefficient (Wildman–Crippen LogP) is 4.46. The highest BCUT2D eigenvalue weighted by Crippen LogP contribution is 2.31. The van der Waals surface area contributed by atoms with E-state index in [4.69, 9.17) is 16.3 Å². The van der Waals surface area contributed by atoms with Crippen molar-refractivity contribution >= 4 is 27.6 Å². The van der Waals surface area contributed by atoms with E-state index < -0.39 is 16.0 Å². The maximum absolute atomic E-state index is 13.5. The molecule has 0 N–H and O–H groups in total. The lowest BCUT2D eigenvalue weighted by molar-refractivity contribution is 0.0593. The molecule has 2 heterocycles. The molecular formula is C21H21ClN2O4S. The molecule has 6 nitrogen and oxygen atoms in total. The predicted molar refractivity (Wildman–Crippen MR) is 112 cm³/mol. The van der Waals surface area contributed by atoms with Gasteiger partial charge in [-0.15, -0.1) is 0 Å². The van der Waals surface area contributed by atoms with E-state index in [1.54, 1.807) is 38.2 Å². The highest BCUT2D eigenvalue weighted by Gasteiger charge is 2.28. The number of nitrogens with zero attached hydrogens (tertiary/aromatic N) is 2. The zero-order valence-corrected chi connectivity index (χ0v) is 18.4. The van der Waals surface area contributed by atoms with Crippen molar-refractivity contribution in [2.24, 2.45) is 0 Å². The van der Waals surface area contributed by atoms with Crippen molar-refractivity contribution in [1.29, 1.82) is 0 Å². The summed E-state index contributed by atoms with van der Waals surface area (Å²) < 4.78 is 32.9. The SMILES string of the molecule is COC(=O)c1cc(-c2cc(Cl)ncc2C)cn1S(=O)(=O)c1c(C)cc(C)cc1C. The molecule has 0 bridgehead atoms. The number of benzene rings is 1. The van der Waals surface area contributed by atoms with Gasteiger partial charge in [-0.25, -0.2) is 22.2 Å². The van der Waals surface area contributed by atoms with E-state index in [1.807, 2.05) is 13.8 Å². The molecule has 3 aromatic rings. The third-order valence-electron chi connectivity index (χ3n) is 4.68. The zero-order valence-electron chi connectivity index (χ0n) is 16.8. The van der Waals surface area contributed by atoms with Crippen LogP contribution in [-0.2, 0) is 14.8 Å². The molecule has 8 heteroatoms. The lowest BCUT2D eigenvalue weighted by Crippen LogP contribution is -2.20. The topological polar surface area (TPSA) is 78.3 Å². The summed E-state index contributed by atoms with van der Waals surface area (Å²) in [6, 6.07) is 6.72. The summed E-state index contributed by atoms with van der Waals surface area (Å²) in [4.78, 5) is 16.6. The lowest BCUT2D eigenvalue weighted by Gasteiger charge is -2.14. The first-order chi connectivity index (χ1) is 13.6. The summed E-state index contributed by atoms with van der Waals surface area (Å²) in [5.74, 6) is -0.750. The normalized spacial score (nSPS) is 11.5. The quantitative estimate of drug-likeness (QED) is 0.449. The van der Waals surface area contributed by atoms with Crippen LogP contribution in [0, 0.1) is 27.7 Å². The van der Waals surface area contributed by atoms with Crippen molar-refractivity contribution in [1.82, 2.24) is 8.96 Å². The van der Waals surface area contributed by atoms with Gasteiger partial charge in [0.05, 0.1) is 12.0 Å². The highest BCUT2D eigenvalue weighted by atomic mass is 35.5. The summed E-state index contributed by atoms with van der Waals surface area (Å²) in [6.07, 6.45) is 3.01. The average molecular weight is 433 g/mol. The third kappa shape index (κ3) is 3.80. The Morgan fingerprint density at radius 2 is 1.66 bits per heavy atom. The van der Waals surface area contributed by atoms with E-state index in [1.165, 1.54) is 19.4 Å². The Morgan fingerprint density at radius 3 is 2.24 bits per heavy atom. The molecule has 0 amide bonds. The smallest absolute Gasteiger partial charge is 0.355 e. The highest BCUT2D eigenvalue weighted by molar-refractivity contribution is 7.90. The Balaban J connectivity index is 2.30. The van der Waals surface area contributed by atoms with Crippen LogP contribution in [0.2, 0.25) is 5.15 Å². The Bertz CT molecular complexity index is 1210. The van der Waals surface area contributed by atoms with Gasteiger partial charge in [-0.3, -0.25) is 0 Å². The number of halogens is 1. The van der Waals surface area contributed by atoms with Gasteiger partial charge in [0.15, 0.2) is 0 Å². The van der Waals surface area contributed by atoms with Gasteiger partial charge in [-0.05, 0) is 62.1 Å². The number of ether oxygens (including phenoxy) is 1. The monoisotopic (exact) mass is 432 g/mol. The lowest BCUT2D eigenvalue weighted by atomic mass is 10.1. The molecular weight excluding hydrogens is 412 g/mol. The van der Waals surface area contributed by atoms with Crippen LogP contribution in [0.1, 0.15) is 32.7 Å². The molecule has 0 spiro atoms. The van der Waals surface area contributed by atoms with E-state index in [9.17, 15) is 13.2 Å². The number of hydrogen-bond acceptors (Lipinski definition) is 5. The zero-order chi connectivity index (χ0) is 21.5. The van der Waals surface area contributed by atoms with Gasteiger partial charge in [-0.2, -0.15) is 0 Å². The molecule has 0 aliphatic rings. The fourth-order valence-electron chi connectivity index (χ4n) is 3.52. The summed E-state index contributed by atoms with van der Waals surface area (Å²) >= 11 is 6.02. The first kappa shape index (κ1) is 21.1. The van der Waals surface area contributed by atoms with Crippen LogP contribution < -0.4 is 0 Å². The molecule has 0 unspecified atom stereocenters. The summed E-state index contributed by atoms with van der Waals surface area (Å²) in [5.41, 5.74) is 4.09. The van der Waals surface area contributed by atoms with Crippen molar-refractivity contribution in [3.05, 3.63) is 69.8 Å². The van der Waals surface area contributed by atoms with Crippen molar-refractivity contribution in [2.45, 2.75) is 32.6 Å². The Morgan fingerprint density at radius 1 is 1.03 bits per heavy atom. The summed E-state index contributed by atoms with van der Waals surface area (Å²) in [5, 5.41) is 0.269. The molecule has 29 heavy (non-hydrogen) atoms. The molecule has 0 fully saturated rings. The second-order valence-corrected chi connectivity index (χ2v) is 9.10. The van der Waals surface area contributed by atoms with Crippen molar-refractivity contribution in [2.75, 3.05) is 7.11 Å². The van der Waals surface area contributed by atoms with Crippen LogP contribution in [0.5, 0.6) is 0 Å². The van der Waals surface area contributed by atoms with Gasteiger partial charge in [0.2, 0.25) is 0 Å². The van der Waals surface area contributed by atoms with Crippen molar-refractivity contribution in [3.8, 4) is 11.1 Å². The van der Waals surface area contributed by atoms with Crippen LogP contribution in [-0.4, -0.2) is 30.5 Å². The molecule has 0 radical (unpaired) electrons. The van der Waals surface area contributed by atoms with Crippen LogP contribution >= 0.6 is 11.6 Å². The van der Waals surface area contributed by atoms with Crippen molar-refractivity contribution < 1.29 is 17.9 Å². The van der Waals surface area contributed by atoms with Gasteiger partial charge in [-0.1, -0.05) is 29.3 Å². The van der Waals surface area contributed by atoms with E-state index in [0.29, 0.717) is 22.3 Å². The number of aromatic nitrogens is 2. The summed E-state index contributed by atoms with van der Waals surface area (Å²) in [7, 11) is -2.83. The van der Waals surface area contributed by atoms with Crippen LogP contribution in [0.3, 0.4) is 0 Å². The number of carbonyl (C=O) groups excluding carboxylic acids is 1. The van der Waals surface area contributed by atoms with E-state index in [0.717, 1.165) is 15.1 Å². The first-order valence-electron chi connectivity index (χ1n) is 8.83. The van der Waals surface area contributed by atoms with Gasteiger partial charge in [0.25, 0.3) is 10.0 Å². The minimum absolute atomic E-state index is 0.0887. The molecule has 152 valence electrons. The molecule has 0 saturated heterocycles. The number of aryl methyl sites for hydroxylation is 4. The average Bonchev–Trinajstić information content (AvgIpc) is 3.08. The Hall–Kier alpha value is -2.64. The first-order valence-corrected chi connectivity index (χ1v) is 10.6. The second-order valence-electron chi connectivity index (χ2n) is 6.96.